The Hall–Kier alpha value is -3.53. The van der Waals surface area contributed by atoms with E-state index in [9.17, 15) is 4.79 Å². The second kappa shape index (κ2) is 7.00. The topological polar surface area (TPSA) is 111 Å². The largest absolute Gasteiger partial charge is 0.296 e. The third-order valence-electron chi connectivity index (χ3n) is 3.66. The number of pyridine rings is 1. The summed E-state index contributed by atoms with van der Waals surface area (Å²) in [6, 6.07) is 3.96. The molecule has 0 spiro atoms. The Balaban J connectivity index is 1.57. The average Bonchev–Trinajstić information content (AvgIpc) is 3.31. The number of hydrogen-bond acceptors (Lipinski definition) is 8. The number of hydrogen-bond donors (Lipinski definition) is 1. The molecule has 27 heavy (non-hydrogen) atoms. The van der Waals surface area contributed by atoms with E-state index in [0.717, 1.165) is 17.0 Å². The summed E-state index contributed by atoms with van der Waals surface area (Å²) in [5.74, 6) is -0.377. The first-order chi connectivity index (χ1) is 13.1. The predicted molar refractivity (Wildman–Crippen MR) is 99.7 cm³/mol. The van der Waals surface area contributed by atoms with Crippen LogP contribution in [0.2, 0.25) is 0 Å². The van der Waals surface area contributed by atoms with E-state index in [-0.39, 0.29) is 11.6 Å². The van der Waals surface area contributed by atoms with Gasteiger partial charge in [0.05, 0.1) is 24.3 Å². The van der Waals surface area contributed by atoms with Crippen molar-refractivity contribution >= 4 is 22.4 Å². The second-order valence-corrected chi connectivity index (χ2v) is 6.65. The fourth-order valence-corrected chi connectivity index (χ4v) is 3.26. The van der Waals surface area contributed by atoms with Gasteiger partial charge in [-0.25, -0.2) is 19.6 Å². The van der Waals surface area contributed by atoms with Crippen LogP contribution in [0, 0.1) is 13.8 Å². The van der Waals surface area contributed by atoms with Gasteiger partial charge >= 0.3 is 0 Å². The van der Waals surface area contributed by atoms with Gasteiger partial charge in [-0.2, -0.15) is 0 Å². The zero-order valence-electron chi connectivity index (χ0n) is 14.5. The lowest BCUT2D eigenvalue weighted by molar-refractivity contribution is 0.101. The van der Waals surface area contributed by atoms with Crippen LogP contribution in [0.25, 0.3) is 17.1 Å². The molecule has 1 N–H and O–H groups in total. The van der Waals surface area contributed by atoms with Crippen LogP contribution < -0.4 is 5.32 Å². The SMILES string of the molecule is Cc1cc(C)nc(-c2csc(NC(=O)c3cnnn3-c3cncnc3)n2)c1. The number of aromatic nitrogens is 7. The summed E-state index contributed by atoms with van der Waals surface area (Å²) < 4.78 is 1.37. The number of nitrogens with zero attached hydrogens (tertiary/aromatic N) is 7. The summed E-state index contributed by atoms with van der Waals surface area (Å²) >= 11 is 1.33. The molecule has 0 saturated heterocycles. The van der Waals surface area contributed by atoms with Crippen LogP contribution in [0.1, 0.15) is 21.7 Å². The molecule has 10 heteroatoms. The zero-order valence-corrected chi connectivity index (χ0v) is 15.3. The fraction of sp³-hybridized carbons (Fsp3) is 0.118. The molecule has 4 aromatic rings. The van der Waals surface area contributed by atoms with Gasteiger partial charge in [-0.3, -0.25) is 15.1 Å². The van der Waals surface area contributed by atoms with Gasteiger partial charge < -0.3 is 0 Å². The van der Waals surface area contributed by atoms with Crippen LogP contribution in [0.5, 0.6) is 0 Å². The Bertz CT molecular complexity index is 1080. The van der Waals surface area contributed by atoms with E-state index in [1.54, 1.807) is 12.4 Å². The van der Waals surface area contributed by atoms with Crippen molar-refractivity contribution in [2.24, 2.45) is 0 Å². The molecule has 0 aliphatic carbocycles. The Morgan fingerprint density at radius 1 is 1.07 bits per heavy atom. The molecule has 4 aromatic heterocycles. The second-order valence-electron chi connectivity index (χ2n) is 5.79. The molecular weight excluding hydrogens is 364 g/mol. The molecule has 1 amide bonds. The van der Waals surface area contributed by atoms with Crippen LogP contribution in [0.4, 0.5) is 5.13 Å². The highest BCUT2D eigenvalue weighted by Crippen LogP contribution is 2.25. The minimum Gasteiger partial charge on any atom is -0.296 e. The summed E-state index contributed by atoms with van der Waals surface area (Å²) in [7, 11) is 0. The number of rotatable bonds is 4. The van der Waals surface area contributed by atoms with Crippen LogP contribution in [-0.4, -0.2) is 40.8 Å². The van der Waals surface area contributed by atoms with Crippen LogP contribution in [-0.2, 0) is 0 Å². The van der Waals surface area contributed by atoms with E-state index in [4.69, 9.17) is 0 Å². The molecule has 0 aliphatic heterocycles. The molecule has 0 radical (unpaired) electrons. The Morgan fingerprint density at radius 2 is 1.89 bits per heavy atom. The monoisotopic (exact) mass is 378 g/mol. The normalized spacial score (nSPS) is 10.7. The number of thiazole rings is 1. The predicted octanol–water partition coefficient (Wildman–Crippen LogP) is 2.44. The third kappa shape index (κ3) is 3.55. The van der Waals surface area contributed by atoms with Crippen LogP contribution in [0.15, 0.2) is 42.4 Å². The first kappa shape index (κ1) is 16.9. The maximum absolute atomic E-state index is 12.6. The number of carbonyl (C=O) groups is 1. The molecule has 0 atom stereocenters. The summed E-state index contributed by atoms with van der Waals surface area (Å²) in [4.78, 5) is 29.4. The van der Waals surface area contributed by atoms with Crippen molar-refractivity contribution in [2.45, 2.75) is 13.8 Å². The first-order valence-electron chi connectivity index (χ1n) is 7.99. The standard InChI is InChI=1S/C17H14N8OS/c1-10-3-11(2)21-13(4-10)14-8-27-17(22-14)23-16(26)15-7-20-24-25(15)12-5-18-9-19-6-12/h3-9H,1-2H3,(H,22,23,26). The van der Waals surface area contributed by atoms with Gasteiger partial charge in [0, 0.05) is 11.1 Å². The number of aryl methyl sites for hydroxylation is 2. The molecule has 0 aliphatic rings. The summed E-state index contributed by atoms with van der Waals surface area (Å²) in [5, 5.41) is 12.8. The van der Waals surface area contributed by atoms with E-state index >= 15 is 0 Å². The Morgan fingerprint density at radius 3 is 2.67 bits per heavy atom. The number of amides is 1. The van der Waals surface area contributed by atoms with Gasteiger partial charge in [-0.05, 0) is 31.5 Å². The zero-order chi connectivity index (χ0) is 18.8. The summed E-state index contributed by atoms with van der Waals surface area (Å²) in [6.07, 6.45) is 5.87. The molecule has 0 unspecified atom stereocenters. The molecule has 4 rings (SSSR count). The van der Waals surface area contributed by atoms with Gasteiger partial charge in [0.2, 0.25) is 0 Å². The third-order valence-corrected chi connectivity index (χ3v) is 4.42. The van der Waals surface area contributed by atoms with Gasteiger partial charge in [-0.1, -0.05) is 5.21 Å². The van der Waals surface area contributed by atoms with Crippen molar-refractivity contribution < 1.29 is 4.79 Å². The van der Waals surface area contributed by atoms with E-state index in [0.29, 0.717) is 16.5 Å². The molecule has 9 nitrogen and oxygen atoms in total. The minimum absolute atomic E-state index is 0.256. The van der Waals surface area contributed by atoms with Crippen molar-refractivity contribution in [1.82, 2.24) is 34.9 Å². The summed E-state index contributed by atoms with van der Waals surface area (Å²) in [6.45, 7) is 3.95. The van der Waals surface area contributed by atoms with Gasteiger partial charge in [0.1, 0.15) is 17.7 Å². The van der Waals surface area contributed by atoms with Gasteiger partial charge in [0.15, 0.2) is 10.8 Å². The highest BCUT2D eigenvalue weighted by molar-refractivity contribution is 7.14. The molecular formula is C17H14N8OS. The molecule has 134 valence electrons. The highest BCUT2D eigenvalue weighted by atomic mass is 32.1. The fourth-order valence-electron chi connectivity index (χ4n) is 2.56. The van der Waals surface area contributed by atoms with E-state index in [1.807, 2.05) is 31.4 Å². The van der Waals surface area contributed by atoms with Crippen molar-refractivity contribution in [2.75, 3.05) is 5.32 Å². The Labute approximate surface area is 158 Å². The van der Waals surface area contributed by atoms with E-state index < -0.39 is 0 Å². The quantitative estimate of drug-likeness (QED) is 0.580. The lowest BCUT2D eigenvalue weighted by atomic mass is 10.2. The molecule has 0 saturated carbocycles. The van der Waals surface area contributed by atoms with Crippen molar-refractivity contribution in [1.29, 1.82) is 0 Å². The Kier molecular flexibility index (Phi) is 4.38. The highest BCUT2D eigenvalue weighted by Gasteiger charge is 2.17. The van der Waals surface area contributed by atoms with E-state index in [2.05, 4.69) is 35.6 Å². The summed E-state index contributed by atoms with van der Waals surface area (Å²) in [5.41, 5.74) is 4.31. The molecule has 0 aromatic carbocycles. The van der Waals surface area contributed by atoms with Crippen molar-refractivity contribution in [3.8, 4) is 17.1 Å². The van der Waals surface area contributed by atoms with Crippen LogP contribution >= 0.6 is 11.3 Å². The smallest absolute Gasteiger partial charge is 0.277 e. The lowest BCUT2D eigenvalue weighted by Gasteiger charge is -2.04. The first-order valence-corrected chi connectivity index (χ1v) is 8.87. The number of nitrogens with one attached hydrogen (secondary N) is 1. The maximum atomic E-state index is 12.6. The molecule has 0 fully saturated rings. The minimum atomic E-state index is -0.377. The van der Waals surface area contributed by atoms with Crippen molar-refractivity contribution in [3.63, 3.8) is 0 Å². The van der Waals surface area contributed by atoms with Gasteiger partial charge in [-0.15, -0.1) is 16.4 Å². The number of anilines is 1. The van der Waals surface area contributed by atoms with Crippen LogP contribution in [0.3, 0.4) is 0 Å². The van der Waals surface area contributed by atoms with E-state index in [1.165, 1.54) is 28.5 Å². The molecule has 4 heterocycles. The maximum Gasteiger partial charge on any atom is 0.277 e. The molecule has 0 bridgehead atoms. The lowest BCUT2D eigenvalue weighted by Crippen LogP contribution is -2.17. The number of carbonyl (C=O) groups excluding carboxylic acids is 1. The average molecular weight is 378 g/mol. The van der Waals surface area contributed by atoms with Crippen molar-refractivity contribution in [3.05, 3.63) is 59.4 Å². The van der Waals surface area contributed by atoms with Gasteiger partial charge in [0.25, 0.3) is 5.91 Å².